The highest BCUT2D eigenvalue weighted by molar-refractivity contribution is 5.97. The van der Waals surface area contributed by atoms with Gasteiger partial charge in [-0.15, -0.1) is 0 Å². The zero-order valence-corrected chi connectivity index (χ0v) is 33.2. The van der Waals surface area contributed by atoms with Crippen molar-refractivity contribution in [3.05, 3.63) is 29.8 Å². The second-order valence-electron chi connectivity index (χ2n) is 15.3. The molecule has 0 radical (unpaired) electrons. The van der Waals surface area contributed by atoms with Crippen LogP contribution in [0.3, 0.4) is 0 Å². The van der Waals surface area contributed by atoms with Crippen molar-refractivity contribution in [1.29, 1.82) is 0 Å². The number of hydrogen-bond acceptors (Lipinski definition) is 11. The van der Waals surface area contributed by atoms with E-state index in [0.29, 0.717) is 31.4 Å². The molecule has 6 amide bonds. The number of carbonyl (C=O) groups is 7. The van der Waals surface area contributed by atoms with Crippen LogP contribution in [0.1, 0.15) is 79.2 Å². The van der Waals surface area contributed by atoms with Crippen LogP contribution in [0.25, 0.3) is 0 Å². The fourth-order valence-electron chi connectivity index (χ4n) is 6.18. The second kappa shape index (κ2) is 22.7. The number of unbranched alkanes of at least 4 members (excludes halogenated alkanes) is 1. The van der Waals surface area contributed by atoms with E-state index in [1.54, 1.807) is 53.7 Å². The molecule has 2 rings (SSSR count). The summed E-state index contributed by atoms with van der Waals surface area (Å²) in [4.78, 5) is 93.8. The first-order valence-electron chi connectivity index (χ1n) is 19.2. The van der Waals surface area contributed by atoms with E-state index < -0.39 is 102 Å². The third kappa shape index (κ3) is 14.0. The number of phenolic OH excluding ortho intramolecular Hbond substituents is 1. The van der Waals surface area contributed by atoms with Gasteiger partial charge in [0, 0.05) is 13.0 Å². The lowest BCUT2D eigenvalue weighted by Gasteiger charge is -2.31. The quantitative estimate of drug-likeness (QED) is 0.0624. The SMILES string of the molecule is CC(C)[C@H](N)C(=O)N[C@@H](Cc1ccc(O)cc1)C(=O)N[C@@H](CCCCN)C(=O)N[C@@H](CO)C(=O)N1CCC[C@H]1C(=O)N[C@H](C(=O)N[C@H](C(=O)O)C(C)C)C(C)C. The Labute approximate surface area is 328 Å². The number of aliphatic hydroxyl groups excluding tert-OH is 1. The van der Waals surface area contributed by atoms with E-state index >= 15 is 0 Å². The number of nitrogens with two attached hydrogens (primary N) is 2. The summed E-state index contributed by atoms with van der Waals surface area (Å²) in [7, 11) is 0. The van der Waals surface area contributed by atoms with Crippen LogP contribution in [0.5, 0.6) is 5.75 Å². The van der Waals surface area contributed by atoms with Crippen LogP contribution in [0, 0.1) is 17.8 Å². The van der Waals surface area contributed by atoms with Crippen LogP contribution in [0.4, 0.5) is 0 Å². The summed E-state index contributed by atoms with van der Waals surface area (Å²) in [6.07, 6.45) is 1.64. The Bertz CT molecular complexity index is 1510. The molecular weight excluding hydrogens is 728 g/mol. The summed E-state index contributed by atoms with van der Waals surface area (Å²) >= 11 is 0. The van der Waals surface area contributed by atoms with Gasteiger partial charge in [0.15, 0.2) is 0 Å². The van der Waals surface area contributed by atoms with Gasteiger partial charge in [-0.3, -0.25) is 28.8 Å². The number of aliphatic hydroxyl groups is 1. The summed E-state index contributed by atoms with van der Waals surface area (Å²) in [6.45, 7) is 9.71. The van der Waals surface area contributed by atoms with Gasteiger partial charge in [-0.2, -0.15) is 0 Å². The third-order valence-electron chi connectivity index (χ3n) is 9.72. The first kappa shape index (κ1) is 47.3. The average molecular weight is 791 g/mol. The Hall–Kier alpha value is -4.81. The maximum Gasteiger partial charge on any atom is 0.326 e. The van der Waals surface area contributed by atoms with Gasteiger partial charge in [0.05, 0.1) is 12.6 Å². The van der Waals surface area contributed by atoms with Crippen LogP contribution >= 0.6 is 0 Å². The smallest absolute Gasteiger partial charge is 0.326 e. The molecule has 7 atom stereocenters. The van der Waals surface area contributed by atoms with Crippen LogP contribution < -0.4 is 38.1 Å². The standard InChI is InChI=1S/C38H62N8O10/c1-20(2)29(40)35(52)42-26(18-23-12-14-24(48)15-13-23)33(50)41-25(10-7-8-16-39)32(49)43-27(19-47)37(54)46-17-9-11-28(46)34(51)44-30(21(3)4)36(53)45-31(22(5)6)38(55)56/h12-15,20-22,25-31,47-48H,7-11,16-19,39-40H2,1-6H3,(H,41,50)(H,42,52)(H,43,49)(H,44,51)(H,45,53)(H,55,56)/t25-,26-,27-,28-,29-,30-,31-/m0/s1. The van der Waals surface area contributed by atoms with Gasteiger partial charge >= 0.3 is 5.97 Å². The molecular formula is C38H62N8O10. The summed E-state index contributed by atoms with van der Waals surface area (Å²) < 4.78 is 0. The predicted molar refractivity (Wildman–Crippen MR) is 206 cm³/mol. The Morgan fingerprint density at radius 1 is 0.750 bits per heavy atom. The van der Waals surface area contributed by atoms with Crippen molar-refractivity contribution in [2.75, 3.05) is 19.7 Å². The Kier molecular flexibility index (Phi) is 19.2. The zero-order valence-electron chi connectivity index (χ0n) is 33.2. The molecule has 1 aromatic rings. The van der Waals surface area contributed by atoms with Crippen LogP contribution in [0.15, 0.2) is 24.3 Å². The predicted octanol–water partition coefficient (Wildman–Crippen LogP) is -1.15. The molecule has 56 heavy (non-hydrogen) atoms. The van der Waals surface area contributed by atoms with Gasteiger partial charge in [-0.1, -0.05) is 53.7 Å². The first-order chi connectivity index (χ1) is 26.3. The molecule has 0 aromatic heterocycles. The molecule has 0 bridgehead atoms. The molecule has 1 saturated heterocycles. The number of rotatable bonds is 22. The summed E-state index contributed by atoms with van der Waals surface area (Å²) in [6, 6.07) is -2.17. The average Bonchev–Trinajstić information content (AvgIpc) is 3.64. The lowest BCUT2D eigenvalue weighted by Crippen LogP contribution is -2.61. The van der Waals surface area contributed by atoms with Gasteiger partial charge in [0.2, 0.25) is 35.4 Å². The van der Waals surface area contributed by atoms with Crippen molar-refractivity contribution < 1.29 is 48.9 Å². The van der Waals surface area contributed by atoms with Crippen molar-refractivity contribution in [1.82, 2.24) is 31.5 Å². The summed E-state index contributed by atoms with van der Waals surface area (Å²) in [5.41, 5.74) is 12.3. The van der Waals surface area contributed by atoms with E-state index in [-0.39, 0.29) is 37.5 Å². The number of nitrogens with zero attached hydrogens (tertiary/aromatic N) is 1. The number of phenols is 1. The highest BCUT2D eigenvalue weighted by atomic mass is 16.4. The number of amides is 6. The number of carboxylic acid groups (broad SMARTS) is 1. The second-order valence-corrected chi connectivity index (χ2v) is 15.3. The Morgan fingerprint density at radius 2 is 1.32 bits per heavy atom. The van der Waals surface area contributed by atoms with Gasteiger partial charge in [-0.05, 0) is 74.1 Å². The number of nitrogens with one attached hydrogen (secondary N) is 5. The fourth-order valence-corrected chi connectivity index (χ4v) is 6.18. The zero-order chi connectivity index (χ0) is 42.3. The van der Waals surface area contributed by atoms with Gasteiger partial charge in [0.25, 0.3) is 0 Å². The number of aliphatic carboxylic acids is 1. The topological polar surface area (TPSA) is 296 Å². The molecule has 1 aliphatic heterocycles. The number of aromatic hydroxyl groups is 1. The number of likely N-dealkylation sites (tertiary alicyclic amines) is 1. The number of carboxylic acids is 1. The van der Waals surface area contributed by atoms with Crippen LogP contribution in [-0.4, -0.2) is 124 Å². The normalized spacial score (nSPS) is 17.4. The minimum atomic E-state index is -1.51. The molecule has 1 aliphatic rings. The van der Waals surface area contributed by atoms with Crippen molar-refractivity contribution in [2.24, 2.45) is 29.2 Å². The van der Waals surface area contributed by atoms with Gasteiger partial charge in [0.1, 0.15) is 42.0 Å². The Morgan fingerprint density at radius 3 is 1.86 bits per heavy atom. The molecule has 0 unspecified atom stereocenters. The molecule has 18 nitrogen and oxygen atoms in total. The molecule has 0 aliphatic carbocycles. The molecule has 0 spiro atoms. The van der Waals surface area contributed by atoms with Crippen molar-refractivity contribution in [3.8, 4) is 5.75 Å². The fraction of sp³-hybridized carbons (Fsp3) is 0.658. The molecule has 1 aromatic carbocycles. The summed E-state index contributed by atoms with van der Waals surface area (Å²) in [5.74, 6) is -6.54. The van der Waals surface area contributed by atoms with E-state index in [1.165, 1.54) is 17.0 Å². The first-order valence-corrected chi connectivity index (χ1v) is 19.2. The van der Waals surface area contributed by atoms with E-state index in [2.05, 4.69) is 26.6 Å². The summed E-state index contributed by atoms with van der Waals surface area (Å²) in [5, 5.41) is 42.5. The monoisotopic (exact) mass is 790 g/mol. The minimum absolute atomic E-state index is 0.00560. The van der Waals surface area contributed by atoms with E-state index in [1.807, 2.05) is 0 Å². The molecule has 1 heterocycles. The highest BCUT2D eigenvalue weighted by Crippen LogP contribution is 2.20. The Balaban J connectivity index is 2.26. The van der Waals surface area contributed by atoms with Gasteiger partial charge in [-0.25, -0.2) is 4.79 Å². The lowest BCUT2D eigenvalue weighted by atomic mass is 9.99. The van der Waals surface area contributed by atoms with Crippen molar-refractivity contribution >= 4 is 41.4 Å². The van der Waals surface area contributed by atoms with Crippen LogP contribution in [-0.2, 0) is 40.0 Å². The number of hydrogen-bond donors (Lipinski definition) is 10. The van der Waals surface area contributed by atoms with E-state index in [4.69, 9.17) is 11.5 Å². The third-order valence-corrected chi connectivity index (χ3v) is 9.72. The molecule has 18 heteroatoms. The molecule has 314 valence electrons. The largest absolute Gasteiger partial charge is 0.508 e. The number of carbonyl (C=O) groups excluding carboxylic acids is 6. The van der Waals surface area contributed by atoms with Crippen molar-refractivity contribution in [2.45, 2.75) is 122 Å². The highest BCUT2D eigenvalue weighted by Gasteiger charge is 2.40. The maximum absolute atomic E-state index is 13.8. The van der Waals surface area contributed by atoms with Crippen molar-refractivity contribution in [3.63, 3.8) is 0 Å². The maximum atomic E-state index is 13.8. The van der Waals surface area contributed by atoms with Crippen LogP contribution in [0.2, 0.25) is 0 Å². The number of benzene rings is 1. The lowest BCUT2D eigenvalue weighted by molar-refractivity contribution is -0.145. The molecule has 0 saturated carbocycles. The molecule has 1 fully saturated rings. The van der Waals surface area contributed by atoms with E-state index in [0.717, 1.165) is 0 Å². The van der Waals surface area contributed by atoms with Gasteiger partial charge < -0.3 is 58.3 Å². The van der Waals surface area contributed by atoms with E-state index in [9.17, 15) is 48.9 Å². The molecule has 12 N–H and O–H groups in total. The minimum Gasteiger partial charge on any atom is -0.508 e.